The topological polar surface area (TPSA) is 84.0 Å². The van der Waals surface area contributed by atoms with Gasteiger partial charge in [-0.3, -0.25) is 4.72 Å². The van der Waals surface area contributed by atoms with Crippen molar-refractivity contribution >= 4 is 32.4 Å². The molecule has 1 unspecified atom stereocenters. The van der Waals surface area contributed by atoms with Crippen molar-refractivity contribution in [2.45, 2.75) is 18.9 Å². The van der Waals surface area contributed by atoms with E-state index in [1.165, 1.54) is 18.5 Å². The number of sulfonamides is 1. The van der Waals surface area contributed by atoms with Gasteiger partial charge in [-0.05, 0) is 54.3 Å². The lowest BCUT2D eigenvalue weighted by atomic mass is 10.1. The van der Waals surface area contributed by atoms with E-state index in [0.29, 0.717) is 22.4 Å². The Balaban J connectivity index is 1.57. The summed E-state index contributed by atoms with van der Waals surface area (Å²) in [6, 6.07) is 10.1. The van der Waals surface area contributed by atoms with Crippen LogP contribution in [-0.2, 0) is 22.9 Å². The Morgan fingerprint density at radius 1 is 1.08 bits per heavy atom. The molecule has 2 aromatic carbocycles. The van der Waals surface area contributed by atoms with Crippen LogP contribution in [0.3, 0.4) is 0 Å². The predicted molar refractivity (Wildman–Crippen MR) is 99.2 cm³/mol. The quantitative estimate of drug-likeness (QED) is 0.736. The maximum absolute atomic E-state index is 13.6. The summed E-state index contributed by atoms with van der Waals surface area (Å²) < 4.78 is 38.9. The van der Waals surface area contributed by atoms with Crippen molar-refractivity contribution < 1.29 is 12.8 Å². The van der Waals surface area contributed by atoms with Crippen molar-refractivity contribution in [3.05, 3.63) is 59.7 Å². The molecule has 0 fully saturated rings. The molecule has 134 valence electrons. The Morgan fingerprint density at radius 3 is 2.69 bits per heavy atom. The zero-order valence-electron chi connectivity index (χ0n) is 14.0. The van der Waals surface area contributed by atoms with Crippen LogP contribution in [0.25, 0.3) is 10.9 Å². The Morgan fingerprint density at radius 2 is 1.88 bits per heavy atom. The van der Waals surface area contributed by atoms with Gasteiger partial charge in [0.1, 0.15) is 18.0 Å². The van der Waals surface area contributed by atoms with Gasteiger partial charge in [0, 0.05) is 17.1 Å². The van der Waals surface area contributed by atoms with Gasteiger partial charge in [-0.2, -0.15) is 0 Å². The summed E-state index contributed by atoms with van der Waals surface area (Å²) in [4.78, 5) is 8.42. The number of nitrogens with zero attached hydrogens (tertiary/aromatic N) is 2. The van der Waals surface area contributed by atoms with E-state index < -0.39 is 10.0 Å². The van der Waals surface area contributed by atoms with Crippen molar-refractivity contribution in [3.63, 3.8) is 0 Å². The van der Waals surface area contributed by atoms with E-state index in [1.54, 1.807) is 12.1 Å². The fourth-order valence-corrected chi connectivity index (χ4v) is 3.89. The second kappa shape index (κ2) is 6.21. The normalized spacial score (nSPS) is 16.5. The van der Waals surface area contributed by atoms with E-state index >= 15 is 0 Å². The molecule has 1 atom stereocenters. The number of hydrogen-bond donors (Lipinski definition) is 2. The number of rotatable bonds is 4. The molecule has 2 N–H and O–H groups in total. The highest BCUT2D eigenvalue weighted by Crippen LogP contribution is 2.29. The molecule has 0 bridgehead atoms. The van der Waals surface area contributed by atoms with Gasteiger partial charge in [-0.15, -0.1) is 0 Å². The molecular weight excluding hydrogens is 355 g/mol. The molecule has 4 rings (SSSR count). The summed E-state index contributed by atoms with van der Waals surface area (Å²) in [6.07, 6.45) is 4.10. The van der Waals surface area contributed by atoms with Crippen molar-refractivity contribution in [3.8, 4) is 0 Å². The summed E-state index contributed by atoms with van der Waals surface area (Å²) in [6.45, 7) is 0. The lowest BCUT2D eigenvalue weighted by Gasteiger charge is -2.14. The average molecular weight is 372 g/mol. The van der Waals surface area contributed by atoms with Crippen LogP contribution in [-0.4, -0.2) is 30.7 Å². The van der Waals surface area contributed by atoms with Crippen LogP contribution in [0.15, 0.2) is 42.7 Å². The first-order chi connectivity index (χ1) is 12.4. The molecule has 0 saturated heterocycles. The minimum Gasteiger partial charge on any atom is -0.366 e. The average Bonchev–Trinajstić information content (AvgIpc) is 2.95. The van der Waals surface area contributed by atoms with Crippen LogP contribution in [0.5, 0.6) is 0 Å². The summed E-state index contributed by atoms with van der Waals surface area (Å²) in [5.74, 6) is 0.267. The maximum atomic E-state index is 13.6. The molecule has 8 heteroatoms. The largest absolute Gasteiger partial charge is 0.366 e. The second-order valence-electron chi connectivity index (χ2n) is 6.49. The molecule has 0 radical (unpaired) electrons. The van der Waals surface area contributed by atoms with Crippen molar-refractivity contribution in [1.29, 1.82) is 0 Å². The number of fused-ring (bicyclic) bond motifs is 2. The van der Waals surface area contributed by atoms with E-state index in [4.69, 9.17) is 0 Å². The van der Waals surface area contributed by atoms with E-state index in [9.17, 15) is 12.8 Å². The molecule has 0 amide bonds. The van der Waals surface area contributed by atoms with E-state index in [2.05, 4.69) is 20.0 Å². The lowest BCUT2D eigenvalue weighted by Crippen LogP contribution is -2.20. The summed E-state index contributed by atoms with van der Waals surface area (Å²) in [5.41, 5.74) is 3.48. The molecule has 1 aromatic heterocycles. The summed E-state index contributed by atoms with van der Waals surface area (Å²) >= 11 is 0. The molecule has 0 saturated carbocycles. The van der Waals surface area contributed by atoms with E-state index in [0.717, 1.165) is 30.2 Å². The Kier molecular flexibility index (Phi) is 3.99. The molecule has 6 nitrogen and oxygen atoms in total. The first-order valence-corrected chi connectivity index (χ1v) is 10.0. The van der Waals surface area contributed by atoms with Crippen molar-refractivity contribution in [1.82, 2.24) is 9.97 Å². The van der Waals surface area contributed by atoms with Crippen LogP contribution in [0.2, 0.25) is 0 Å². The predicted octanol–water partition coefficient (Wildman–Crippen LogP) is 2.72. The highest BCUT2D eigenvalue weighted by atomic mass is 32.2. The maximum Gasteiger partial charge on any atom is 0.229 e. The molecule has 1 aliphatic carbocycles. The van der Waals surface area contributed by atoms with Gasteiger partial charge in [0.25, 0.3) is 0 Å². The van der Waals surface area contributed by atoms with Crippen LogP contribution in [0.4, 0.5) is 15.9 Å². The highest BCUT2D eigenvalue weighted by Gasteiger charge is 2.23. The third kappa shape index (κ3) is 3.45. The van der Waals surface area contributed by atoms with Crippen molar-refractivity contribution in [2.75, 3.05) is 16.3 Å². The van der Waals surface area contributed by atoms with Gasteiger partial charge < -0.3 is 5.32 Å². The third-order valence-electron chi connectivity index (χ3n) is 4.38. The smallest absolute Gasteiger partial charge is 0.229 e. The standard InChI is InChI=1S/C18H17FN4O2S/c1-26(24,25)23-14-4-2-11-6-15(8-12(11)7-14)22-18-16-9-13(19)3-5-17(16)20-10-21-18/h2-5,7,9-10,15,23H,6,8H2,1H3,(H,20,21,22). The first kappa shape index (κ1) is 16.7. The molecule has 1 aliphatic rings. The number of hydrogen-bond acceptors (Lipinski definition) is 5. The molecule has 3 aromatic rings. The minimum absolute atomic E-state index is 0.0971. The summed E-state index contributed by atoms with van der Waals surface area (Å²) in [5, 5.41) is 4.01. The fourth-order valence-electron chi connectivity index (χ4n) is 3.34. The molecule has 0 aliphatic heterocycles. The molecule has 1 heterocycles. The zero-order chi connectivity index (χ0) is 18.3. The number of halogens is 1. The van der Waals surface area contributed by atoms with Gasteiger partial charge in [-0.1, -0.05) is 6.07 Å². The van der Waals surface area contributed by atoms with Gasteiger partial charge in [0.2, 0.25) is 10.0 Å². The van der Waals surface area contributed by atoms with E-state index in [1.807, 2.05) is 12.1 Å². The highest BCUT2D eigenvalue weighted by molar-refractivity contribution is 7.92. The molecular formula is C18H17FN4O2S. The van der Waals surface area contributed by atoms with Gasteiger partial charge in [0.05, 0.1) is 11.8 Å². The number of nitrogens with one attached hydrogen (secondary N) is 2. The number of aromatic nitrogens is 2. The second-order valence-corrected chi connectivity index (χ2v) is 8.24. The monoisotopic (exact) mass is 372 g/mol. The zero-order valence-corrected chi connectivity index (χ0v) is 14.8. The van der Waals surface area contributed by atoms with Gasteiger partial charge in [0.15, 0.2) is 0 Å². The molecule has 26 heavy (non-hydrogen) atoms. The SMILES string of the molecule is CS(=O)(=O)Nc1ccc2c(c1)CC(Nc1ncnc3ccc(F)cc13)C2. The third-order valence-corrected chi connectivity index (χ3v) is 4.99. The van der Waals surface area contributed by atoms with Crippen LogP contribution < -0.4 is 10.0 Å². The van der Waals surface area contributed by atoms with E-state index in [-0.39, 0.29) is 11.9 Å². The minimum atomic E-state index is -3.30. The van der Waals surface area contributed by atoms with Crippen molar-refractivity contribution in [2.24, 2.45) is 0 Å². The van der Waals surface area contributed by atoms with Gasteiger partial charge >= 0.3 is 0 Å². The summed E-state index contributed by atoms with van der Waals surface area (Å²) in [7, 11) is -3.30. The Hall–Kier alpha value is -2.74. The van der Waals surface area contributed by atoms with Crippen LogP contribution in [0, 0.1) is 5.82 Å². The van der Waals surface area contributed by atoms with Crippen LogP contribution in [0.1, 0.15) is 11.1 Å². The fraction of sp³-hybridized carbons (Fsp3) is 0.222. The van der Waals surface area contributed by atoms with Crippen LogP contribution >= 0.6 is 0 Å². The van der Waals surface area contributed by atoms with Gasteiger partial charge in [-0.25, -0.2) is 22.8 Å². The number of anilines is 2. The molecule has 0 spiro atoms. The number of benzene rings is 2. The first-order valence-electron chi connectivity index (χ1n) is 8.14. The lowest BCUT2D eigenvalue weighted by molar-refractivity contribution is 0.607. The Bertz CT molecular complexity index is 1100. The Labute approximate surface area is 150 Å².